The Balaban J connectivity index is 1.81. The molecule has 1 atom stereocenters. The predicted octanol–water partition coefficient (Wildman–Crippen LogP) is 1.08. The monoisotopic (exact) mass is 338 g/mol. The number of hydrogen-bond donors (Lipinski definition) is 1. The zero-order valence-corrected chi connectivity index (χ0v) is 14.9. The molecular weight excluding hydrogens is 312 g/mol. The molecule has 1 heterocycles. The van der Waals surface area contributed by atoms with Crippen LogP contribution in [0.3, 0.4) is 0 Å². The van der Waals surface area contributed by atoms with Crippen molar-refractivity contribution in [2.75, 3.05) is 31.1 Å². The Kier molecular flexibility index (Phi) is 5.81. The maximum Gasteiger partial charge on any atom is 0.234 e. The van der Waals surface area contributed by atoms with Gasteiger partial charge in [-0.05, 0) is 38.3 Å². The molecule has 2 rings (SSSR count). The van der Waals surface area contributed by atoms with E-state index in [4.69, 9.17) is 0 Å². The number of sulfone groups is 1. The second-order valence-electron chi connectivity index (χ2n) is 6.53. The fourth-order valence-corrected chi connectivity index (χ4v) is 4.16. The number of amides is 1. The number of carbonyl (C=O) groups is 1. The van der Waals surface area contributed by atoms with Crippen molar-refractivity contribution in [1.29, 1.82) is 0 Å². The van der Waals surface area contributed by atoms with Crippen LogP contribution in [0.1, 0.15) is 23.6 Å². The molecule has 128 valence electrons. The molecule has 1 aromatic rings. The molecule has 1 amide bonds. The molecule has 1 aliphatic rings. The topological polar surface area (TPSA) is 66.5 Å². The Bertz CT molecular complexity index is 656. The highest BCUT2D eigenvalue weighted by atomic mass is 32.2. The van der Waals surface area contributed by atoms with Crippen molar-refractivity contribution in [3.63, 3.8) is 0 Å². The largest absolute Gasteiger partial charge is 0.352 e. The third-order valence-corrected chi connectivity index (χ3v) is 5.85. The third-order valence-electron chi connectivity index (χ3n) is 4.24. The van der Waals surface area contributed by atoms with Crippen LogP contribution in [0.2, 0.25) is 0 Å². The first kappa shape index (κ1) is 17.9. The first-order valence-corrected chi connectivity index (χ1v) is 9.85. The molecule has 1 N–H and O–H groups in total. The highest BCUT2D eigenvalue weighted by Crippen LogP contribution is 2.12. The molecule has 1 fully saturated rings. The average Bonchev–Trinajstić information content (AvgIpc) is 2.44. The molecule has 1 saturated heterocycles. The highest BCUT2D eigenvalue weighted by Gasteiger charge is 2.23. The van der Waals surface area contributed by atoms with E-state index < -0.39 is 9.84 Å². The van der Waals surface area contributed by atoms with Gasteiger partial charge in [0, 0.05) is 19.1 Å². The van der Waals surface area contributed by atoms with E-state index in [0.717, 1.165) is 6.42 Å². The summed E-state index contributed by atoms with van der Waals surface area (Å²) in [6, 6.07) is 6.41. The molecule has 0 aliphatic carbocycles. The Morgan fingerprint density at radius 2 is 1.91 bits per heavy atom. The Morgan fingerprint density at radius 3 is 2.52 bits per heavy atom. The van der Waals surface area contributed by atoms with Gasteiger partial charge < -0.3 is 5.32 Å². The van der Waals surface area contributed by atoms with Crippen LogP contribution in [0.25, 0.3) is 0 Å². The van der Waals surface area contributed by atoms with Crippen LogP contribution in [0.5, 0.6) is 0 Å². The summed E-state index contributed by atoms with van der Waals surface area (Å²) < 4.78 is 22.8. The fourth-order valence-electron chi connectivity index (χ4n) is 2.89. The van der Waals surface area contributed by atoms with Crippen molar-refractivity contribution in [2.24, 2.45) is 0 Å². The number of rotatable bonds is 5. The molecule has 5 nitrogen and oxygen atoms in total. The second-order valence-corrected chi connectivity index (χ2v) is 8.83. The van der Waals surface area contributed by atoms with E-state index in [1.165, 1.54) is 16.7 Å². The molecule has 0 saturated carbocycles. The van der Waals surface area contributed by atoms with E-state index in [-0.39, 0.29) is 30.0 Å². The highest BCUT2D eigenvalue weighted by molar-refractivity contribution is 7.91. The van der Waals surface area contributed by atoms with E-state index in [1.54, 1.807) is 0 Å². The lowest BCUT2D eigenvalue weighted by Gasteiger charge is -2.26. The molecule has 0 bridgehead atoms. The van der Waals surface area contributed by atoms with Gasteiger partial charge in [-0.15, -0.1) is 0 Å². The minimum absolute atomic E-state index is 0.0402. The van der Waals surface area contributed by atoms with Crippen LogP contribution in [-0.2, 0) is 21.1 Å². The van der Waals surface area contributed by atoms with E-state index in [9.17, 15) is 13.2 Å². The summed E-state index contributed by atoms with van der Waals surface area (Å²) in [5, 5.41) is 3.01. The lowest BCUT2D eigenvalue weighted by atomic mass is 10.00. The number of aryl methyl sites for hydroxylation is 2. The summed E-state index contributed by atoms with van der Waals surface area (Å²) in [5.41, 5.74) is 3.72. The van der Waals surface area contributed by atoms with Gasteiger partial charge in [0.2, 0.25) is 5.91 Å². The minimum Gasteiger partial charge on any atom is -0.352 e. The van der Waals surface area contributed by atoms with Crippen LogP contribution >= 0.6 is 0 Å². The van der Waals surface area contributed by atoms with Gasteiger partial charge in [-0.25, -0.2) is 8.42 Å². The molecule has 0 spiro atoms. The molecule has 6 heteroatoms. The van der Waals surface area contributed by atoms with Gasteiger partial charge in [0.25, 0.3) is 0 Å². The second kappa shape index (κ2) is 7.45. The Hall–Kier alpha value is -1.40. The molecule has 0 aromatic heterocycles. The number of benzene rings is 1. The van der Waals surface area contributed by atoms with Crippen molar-refractivity contribution < 1.29 is 13.2 Å². The van der Waals surface area contributed by atoms with Crippen LogP contribution in [-0.4, -0.2) is 56.4 Å². The van der Waals surface area contributed by atoms with Crippen molar-refractivity contribution in [3.8, 4) is 0 Å². The zero-order valence-electron chi connectivity index (χ0n) is 14.1. The van der Waals surface area contributed by atoms with Crippen molar-refractivity contribution in [2.45, 2.75) is 33.2 Å². The molecule has 1 aromatic carbocycles. The van der Waals surface area contributed by atoms with Crippen molar-refractivity contribution in [1.82, 2.24) is 10.2 Å². The summed E-state index contributed by atoms with van der Waals surface area (Å²) in [6.45, 7) is 7.32. The number of hydrogen-bond acceptors (Lipinski definition) is 4. The fraction of sp³-hybridized carbons (Fsp3) is 0.588. The first-order valence-electron chi connectivity index (χ1n) is 8.03. The van der Waals surface area contributed by atoms with Gasteiger partial charge in [-0.1, -0.05) is 23.8 Å². The summed E-state index contributed by atoms with van der Waals surface area (Å²) in [5.74, 6) is 0.262. The smallest absolute Gasteiger partial charge is 0.234 e. The summed E-state index contributed by atoms with van der Waals surface area (Å²) in [7, 11) is -2.90. The van der Waals surface area contributed by atoms with Gasteiger partial charge in [0.15, 0.2) is 9.84 Å². The van der Waals surface area contributed by atoms with Gasteiger partial charge >= 0.3 is 0 Å². The normalized spacial score (nSPS) is 19.3. The lowest BCUT2D eigenvalue weighted by Crippen LogP contribution is -2.47. The van der Waals surface area contributed by atoms with Gasteiger partial charge in [0.1, 0.15) is 0 Å². The van der Waals surface area contributed by atoms with Crippen LogP contribution < -0.4 is 5.32 Å². The summed E-state index contributed by atoms with van der Waals surface area (Å²) in [6.07, 6.45) is 0.798. The molecule has 0 unspecified atom stereocenters. The SMILES string of the molecule is Cc1ccc(C[C@H](C)NC(=O)CN2CCS(=O)(=O)CC2)c(C)c1. The number of nitrogens with one attached hydrogen (secondary N) is 1. The molecule has 1 aliphatic heterocycles. The molecule has 23 heavy (non-hydrogen) atoms. The Morgan fingerprint density at radius 1 is 1.26 bits per heavy atom. The number of nitrogens with zero attached hydrogens (tertiary/aromatic N) is 1. The minimum atomic E-state index is -2.90. The Labute approximate surface area is 139 Å². The third kappa shape index (κ3) is 5.62. The van der Waals surface area contributed by atoms with E-state index in [0.29, 0.717) is 13.1 Å². The maximum atomic E-state index is 12.1. The van der Waals surface area contributed by atoms with E-state index >= 15 is 0 Å². The summed E-state index contributed by atoms with van der Waals surface area (Å²) in [4.78, 5) is 14.0. The van der Waals surface area contributed by atoms with Crippen molar-refractivity contribution in [3.05, 3.63) is 34.9 Å². The maximum absolute atomic E-state index is 12.1. The van der Waals surface area contributed by atoms with Crippen LogP contribution in [0.4, 0.5) is 0 Å². The lowest BCUT2D eigenvalue weighted by molar-refractivity contribution is -0.122. The van der Waals surface area contributed by atoms with E-state index in [1.807, 2.05) is 11.8 Å². The average molecular weight is 338 g/mol. The summed E-state index contributed by atoms with van der Waals surface area (Å²) >= 11 is 0. The zero-order chi connectivity index (χ0) is 17.0. The standard InChI is InChI=1S/C17H26N2O3S/c1-13-4-5-16(14(2)10-13)11-15(3)18-17(20)12-19-6-8-23(21,22)9-7-19/h4-5,10,15H,6-9,11-12H2,1-3H3,(H,18,20)/t15-/m0/s1. The number of carbonyl (C=O) groups excluding carboxylic acids is 1. The van der Waals surface area contributed by atoms with Crippen LogP contribution in [0.15, 0.2) is 18.2 Å². The van der Waals surface area contributed by atoms with Crippen molar-refractivity contribution >= 4 is 15.7 Å². The quantitative estimate of drug-likeness (QED) is 0.872. The first-order chi connectivity index (χ1) is 10.7. The molecular formula is C17H26N2O3S. The van der Waals surface area contributed by atoms with Gasteiger partial charge in [-0.2, -0.15) is 0 Å². The van der Waals surface area contributed by atoms with Crippen LogP contribution in [0, 0.1) is 13.8 Å². The van der Waals surface area contributed by atoms with Gasteiger partial charge in [0.05, 0.1) is 18.1 Å². The molecule has 0 radical (unpaired) electrons. The predicted molar refractivity (Wildman–Crippen MR) is 92.3 cm³/mol. The van der Waals surface area contributed by atoms with E-state index in [2.05, 4.69) is 37.4 Å². The van der Waals surface area contributed by atoms with Gasteiger partial charge in [-0.3, -0.25) is 9.69 Å².